The van der Waals surface area contributed by atoms with E-state index in [1.165, 1.54) is 51.4 Å². The standard InChI is InChI=1S/C20H30O/c1-19-8-3-4-15(19)13-6-5-12-10-18(21)14-11-17(14)20(12,2)16(13)7-9-19/h12-17H,3-11H2,1-2H3/t12-,13?,14+,15?,16?,17-,19-,20-/m0/s1. The van der Waals surface area contributed by atoms with Gasteiger partial charge in [0.1, 0.15) is 5.78 Å². The van der Waals surface area contributed by atoms with Crippen LogP contribution in [0.1, 0.15) is 71.6 Å². The average molecular weight is 286 g/mol. The Balaban J connectivity index is 1.51. The van der Waals surface area contributed by atoms with Crippen LogP contribution >= 0.6 is 0 Å². The van der Waals surface area contributed by atoms with Crippen molar-refractivity contribution in [1.82, 2.24) is 0 Å². The Morgan fingerprint density at radius 3 is 2.67 bits per heavy atom. The summed E-state index contributed by atoms with van der Waals surface area (Å²) in [6.07, 6.45) is 12.4. The number of ketones is 1. The second-order valence-corrected chi connectivity index (χ2v) is 9.72. The fourth-order valence-electron chi connectivity index (χ4n) is 7.99. The van der Waals surface area contributed by atoms with Crippen LogP contribution in [-0.2, 0) is 4.79 Å². The smallest absolute Gasteiger partial charge is 0.136 e. The molecule has 0 heterocycles. The summed E-state index contributed by atoms with van der Waals surface area (Å²) in [5, 5.41) is 0. The maximum absolute atomic E-state index is 12.2. The molecule has 8 atom stereocenters. The first-order chi connectivity index (χ1) is 10.0. The lowest BCUT2D eigenvalue weighted by atomic mass is 9.45. The first-order valence-electron chi connectivity index (χ1n) is 9.57. The Kier molecular flexibility index (Phi) is 2.47. The van der Waals surface area contributed by atoms with E-state index in [0.717, 1.165) is 36.0 Å². The van der Waals surface area contributed by atoms with E-state index in [4.69, 9.17) is 0 Å². The maximum Gasteiger partial charge on any atom is 0.136 e. The largest absolute Gasteiger partial charge is 0.299 e. The van der Waals surface area contributed by atoms with Gasteiger partial charge in [-0.3, -0.25) is 4.79 Å². The van der Waals surface area contributed by atoms with Gasteiger partial charge in [-0.2, -0.15) is 0 Å². The number of fused-ring (bicyclic) bond motifs is 7. The molecule has 5 saturated carbocycles. The van der Waals surface area contributed by atoms with Crippen LogP contribution in [0.4, 0.5) is 0 Å². The third kappa shape index (κ3) is 1.51. The first-order valence-corrected chi connectivity index (χ1v) is 9.57. The second-order valence-electron chi connectivity index (χ2n) is 9.72. The van der Waals surface area contributed by atoms with E-state index < -0.39 is 0 Å². The lowest BCUT2D eigenvalue weighted by Gasteiger charge is -2.60. The summed E-state index contributed by atoms with van der Waals surface area (Å²) in [6.45, 7) is 5.21. The monoisotopic (exact) mass is 286 g/mol. The van der Waals surface area contributed by atoms with E-state index in [2.05, 4.69) is 13.8 Å². The Bertz CT molecular complexity index is 496. The molecule has 0 aromatic rings. The summed E-state index contributed by atoms with van der Waals surface area (Å²) in [5.74, 6) is 5.61. The Morgan fingerprint density at radius 1 is 0.952 bits per heavy atom. The number of Topliss-reactive ketones (excluding diaryl/α,β-unsaturated/α-hetero) is 1. The van der Waals surface area contributed by atoms with Gasteiger partial charge in [0.25, 0.3) is 0 Å². The van der Waals surface area contributed by atoms with Crippen LogP contribution in [-0.4, -0.2) is 5.78 Å². The third-order valence-corrected chi connectivity index (χ3v) is 9.20. The van der Waals surface area contributed by atoms with Gasteiger partial charge in [-0.05, 0) is 85.4 Å². The molecule has 0 saturated heterocycles. The lowest BCUT2D eigenvalue weighted by Crippen LogP contribution is -2.54. The Morgan fingerprint density at radius 2 is 1.81 bits per heavy atom. The Hall–Kier alpha value is -0.330. The highest BCUT2D eigenvalue weighted by Gasteiger charge is 2.67. The van der Waals surface area contributed by atoms with Gasteiger partial charge >= 0.3 is 0 Å². The molecule has 0 aromatic heterocycles. The molecule has 0 N–H and O–H groups in total. The number of carbonyl (C=O) groups is 1. The summed E-state index contributed by atoms with van der Waals surface area (Å²) < 4.78 is 0. The SMILES string of the molecule is C[C@@]12CCCC1C1CC[C@H]3CC(=O)[C@@H]4C[C@@H]4[C@]3(C)C1CC2. The van der Waals surface area contributed by atoms with Gasteiger partial charge in [0.05, 0.1) is 0 Å². The fraction of sp³-hybridized carbons (Fsp3) is 0.950. The molecule has 5 rings (SSSR count). The minimum Gasteiger partial charge on any atom is -0.299 e. The van der Waals surface area contributed by atoms with Crippen molar-refractivity contribution in [3.8, 4) is 0 Å². The van der Waals surface area contributed by atoms with Gasteiger partial charge in [-0.15, -0.1) is 0 Å². The van der Waals surface area contributed by atoms with E-state index >= 15 is 0 Å². The quantitative estimate of drug-likeness (QED) is 0.622. The molecule has 0 amide bonds. The molecule has 0 aromatic carbocycles. The summed E-state index contributed by atoms with van der Waals surface area (Å²) in [5.41, 5.74) is 1.21. The molecular weight excluding hydrogens is 256 g/mol. The van der Waals surface area contributed by atoms with Crippen LogP contribution < -0.4 is 0 Å². The van der Waals surface area contributed by atoms with Crippen molar-refractivity contribution in [2.24, 2.45) is 46.3 Å². The fourth-order valence-corrected chi connectivity index (χ4v) is 7.99. The van der Waals surface area contributed by atoms with Gasteiger partial charge in [0.2, 0.25) is 0 Å². The number of rotatable bonds is 0. The maximum atomic E-state index is 12.2. The molecule has 0 aliphatic heterocycles. The van der Waals surface area contributed by atoms with E-state index in [0.29, 0.717) is 22.5 Å². The summed E-state index contributed by atoms with van der Waals surface area (Å²) >= 11 is 0. The molecule has 1 nitrogen and oxygen atoms in total. The predicted octanol–water partition coefficient (Wildman–Crippen LogP) is 4.84. The van der Waals surface area contributed by atoms with Gasteiger partial charge in [-0.1, -0.05) is 20.3 Å². The zero-order valence-corrected chi connectivity index (χ0v) is 13.7. The molecule has 116 valence electrons. The van der Waals surface area contributed by atoms with Crippen LogP contribution in [0, 0.1) is 46.3 Å². The summed E-state index contributed by atoms with van der Waals surface area (Å²) in [6, 6.07) is 0. The van der Waals surface area contributed by atoms with Gasteiger partial charge in [0, 0.05) is 12.3 Å². The van der Waals surface area contributed by atoms with Crippen LogP contribution in [0.2, 0.25) is 0 Å². The van der Waals surface area contributed by atoms with Gasteiger partial charge in [0.15, 0.2) is 0 Å². The van der Waals surface area contributed by atoms with Crippen molar-refractivity contribution in [2.75, 3.05) is 0 Å². The van der Waals surface area contributed by atoms with Crippen LogP contribution in [0.15, 0.2) is 0 Å². The second kappa shape index (κ2) is 3.95. The molecular formula is C20H30O. The van der Waals surface area contributed by atoms with E-state index in [9.17, 15) is 4.79 Å². The summed E-state index contributed by atoms with van der Waals surface area (Å²) in [7, 11) is 0. The van der Waals surface area contributed by atoms with Crippen molar-refractivity contribution in [2.45, 2.75) is 71.6 Å². The third-order valence-electron chi connectivity index (χ3n) is 9.20. The number of hydrogen-bond donors (Lipinski definition) is 0. The zero-order chi connectivity index (χ0) is 14.4. The van der Waals surface area contributed by atoms with E-state index in [1.807, 2.05) is 0 Å². The van der Waals surface area contributed by atoms with E-state index in [-0.39, 0.29) is 0 Å². The van der Waals surface area contributed by atoms with Crippen LogP contribution in [0.5, 0.6) is 0 Å². The molecule has 0 bridgehead atoms. The van der Waals surface area contributed by atoms with Gasteiger partial charge < -0.3 is 0 Å². The van der Waals surface area contributed by atoms with Gasteiger partial charge in [-0.25, -0.2) is 0 Å². The van der Waals surface area contributed by atoms with Crippen LogP contribution in [0.3, 0.4) is 0 Å². The Labute approximate surface area is 129 Å². The first kappa shape index (κ1) is 13.1. The van der Waals surface area contributed by atoms with Crippen molar-refractivity contribution in [1.29, 1.82) is 0 Å². The highest BCUT2D eigenvalue weighted by Crippen LogP contribution is 2.72. The minimum absolute atomic E-state index is 0.488. The minimum atomic E-state index is 0.488. The molecule has 21 heavy (non-hydrogen) atoms. The molecule has 1 heteroatoms. The molecule has 5 aliphatic rings. The van der Waals surface area contributed by atoms with E-state index in [1.54, 1.807) is 0 Å². The van der Waals surface area contributed by atoms with Crippen molar-refractivity contribution >= 4 is 5.78 Å². The van der Waals surface area contributed by atoms with Crippen molar-refractivity contribution in [3.63, 3.8) is 0 Å². The highest BCUT2D eigenvalue weighted by atomic mass is 16.1. The predicted molar refractivity (Wildman–Crippen MR) is 83.7 cm³/mol. The van der Waals surface area contributed by atoms with Crippen molar-refractivity contribution < 1.29 is 4.79 Å². The molecule has 3 unspecified atom stereocenters. The number of hydrogen-bond acceptors (Lipinski definition) is 1. The molecule has 5 fully saturated rings. The number of carbonyl (C=O) groups excluding carboxylic acids is 1. The molecule has 0 spiro atoms. The topological polar surface area (TPSA) is 17.1 Å². The summed E-state index contributed by atoms with van der Waals surface area (Å²) in [4.78, 5) is 12.2. The lowest BCUT2D eigenvalue weighted by molar-refractivity contribution is -0.140. The molecule has 0 radical (unpaired) electrons. The van der Waals surface area contributed by atoms with Crippen LogP contribution in [0.25, 0.3) is 0 Å². The van der Waals surface area contributed by atoms with Crippen molar-refractivity contribution in [3.05, 3.63) is 0 Å². The average Bonchev–Trinajstić information content (AvgIpc) is 3.17. The highest BCUT2D eigenvalue weighted by molar-refractivity contribution is 5.85. The normalized spacial score (nSPS) is 61.5. The molecule has 5 aliphatic carbocycles. The zero-order valence-electron chi connectivity index (χ0n) is 13.7.